The summed E-state index contributed by atoms with van der Waals surface area (Å²) in [4.78, 5) is 0. The standard InChI is InChI=1S/C18H20BrN/c1-13-10-11-15(12-17(13)19)20-18-9-5-3-7-14-6-2-4-8-16(14)18/h2,4,6,8,10-12,18,20H,3,5,7,9H2,1H3. The zero-order chi connectivity index (χ0) is 13.9. The van der Waals surface area contributed by atoms with Gasteiger partial charge in [-0.25, -0.2) is 0 Å². The van der Waals surface area contributed by atoms with Crippen molar-refractivity contribution in [2.24, 2.45) is 0 Å². The van der Waals surface area contributed by atoms with E-state index in [2.05, 4.69) is 70.6 Å². The van der Waals surface area contributed by atoms with Crippen LogP contribution in [0.3, 0.4) is 0 Å². The van der Waals surface area contributed by atoms with E-state index in [1.165, 1.54) is 52.5 Å². The average molecular weight is 330 g/mol. The number of fused-ring (bicyclic) bond motifs is 1. The van der Waals surface area contributed by atoms with Crippen LogP contribution in [0, 0.1) is 6.92 Å². The van der Waals surface area contributed by atoms with Gasteiger partial charge in [0, 0.05) is 10.2 Å². The Balaban J connectivity index is 1.88. The summed E-state index contributed by atoms with van der Waals surface area (Å²) in [7, 11) is 0. The summed E-state index contributed by atoms with van der Waals surface area (Å²) in [6.45, 7) is 2.12. The predicted octanol–water partition coefficient (Wildman–Crippen LogP) is 5.64. The molecule has 2 aromatic carbocycles. The highest BCUT2D eigenvalue weighted by atomic mass is 79.9. The number of halogens is 1. The van der Waals surface area contributed by atoms with E-state index < -0.39 is 0 Å². The minimum absolute atomic E-state index is 0.434. The number of benzene rings is 2. The fourth-order valence-corrected chi connectivity index (χ4v) is 3.33. The van der Waals surface area contributed by atoms with Gasteiger partial charge in [-0.05, 0) is 55.0 Å². The third-order valence-corrected chi connectivity index (χ3v) is 4.99. The highest BCUT2D eigenvalue weighted by Crippen LogP contribution is 2.32. The molecular formula is C18H20BrN. The minimum atomic E-state index is 0.434. The Morgan fingerprint density at radius 3 is 2.80 bits per heavy atom. The zero-order valence-electron chi connectivity index (χ0n) is 11.8. The second-order valence-electron chi connectivity index (χ2n) is 5.61. The summed E-state index contributed by atoms with van der Waals surface area (Å²) >= 11 is 3.62. The maximum Gasteiger partial charge on any atom is 0.0516 e. The first-order valence-electron chi connectivity index (χ1n) is 7.34. The van der Waals surface area contributed by atoms with Gasteiger partial charge in [0.2, 0.25) is 0 Å². The van der Waals surface area contributed by atoms with Crippen LogP contribution in [0.1, 0.15) is 42.0 Å². The molecule has 1 atom stereocenters. The normalized spacial score (nSPS) is 18.2. The smallest absolute Gasteiger partial charge is 0.0516 e. The maximum absolute atomic E-state index is 3.72. The molecule has 0 spiro atoms. The molecule has 2 aromatic rings. The maximum atomic E-state index is 3.72. The summed E-state index contributed by atoms with van der Waals surface area (Å²) < 4.78 is 1.17. The van der Waals surface area contributed by atoms with Crippen molar-refractivity contribution < 1.29 is 0 Å². The number of rotatable bonds is 2. The number of hydrogen-bond donors (Lipinski definition) is 1. The molecule has 0 heterocycles. The lowest BCUT2D eigenvalue weighted by atomic mass is 9.99. The van der Waals surface area contributed by atoms with Gasteiger partial charge in [-0.15, -0.1) is 0 Å². The van der Waals surface area contributed by atoms with Gasteiger partial charge in [0.05, 0.1) is 6.04 Å². The van der Waals surface area contributed by atoms with E-state index in [4.69, 9.17) is 0 Å². The van der Waals surface area contributed by atoms with Crippen LogP contribution >= 0.6 is 15.9 Å². The van der Waals surface area contributed by atoms with Crippen LogP contribution in [0.5, 0.6) is 0 Å². The molecule has 20 heavy (non-hydrogen) atoms. The van der Waals surface area contributed by atoms with Gasteiger partial charge in [0.25, 0.3) is 0 Å². The van der Waals surface area contributed by atoms with Crippen LogP contribution in [0.4, 0.5) is 5.69 Å². The van der Waals surface area contributed by atoms with Crippen LogP contribution in [-0.2, 0) is 6.42 Å². The van der Waals surface area contributed by atoms with Gasteiger partial charge >= 0.3 is 0 Å². The molecule has 0 radical (unpaired) electrons. The monoisotopic (exact) mass is 329 g/mol. The molecular weight excluding hydrogens is 310 g/mol. The first kappa shape index (κ1) is 13.7. The van der Waals surface area contributed by atoms with Gasteiger partial charge in [0.15, 0.2) is 0 Å². The average Bonchev–Trinajstić information content (AvgIpc) is 2.66. The minimum Gasteiger partial charge on any atom is -0.378 e. The van der Waals surface area contributed by atoms with Crippen molar-refractivity contribution >= 4 is 21.6 Å². The first-order chi connectivity index (χ1) is 9.74. The predicted molar refractivity (Wildman–Crippen MR) is 89.2 cm³/mol. The van der Waals surface area contributed by atoms with Crippen LogP contribution in [-0.4, -0.2) is 0 Å². The molecule has 0 saturated heterocycles. The van der Waals surface area contributed by atoms with Gasteiger partial charge < -0.3 is 5.32 Å². The Morgan fingerprint density at radius 2 is 1.95 bits per heavy atom. The second kappa shape index (κ2) is 6.01. The summed E-state index contributed by atoms with van der Waals surface area (Å²) in [5.41, 5.74) is 5.45. The van der Waals surface area contributed by atoms with Crippen LogP contribution in [0.25, 0.3) is 0 Å². The van der Waals surface area contributed by atoms with Crippen molar-refractivity contribution in [1.29, 1.82) is 0 Å². The van der Waals surface area contributed by atoms with Crippen molar-refractivity contribution in [3.8, 4) is 0 Å². The van der Waals surface area contributed by atoms with E-state index in [0.717, 1.165) is 0 Å². The van der Waals surface area contributed by atoms with Crippen LogP contribution in [0.2, 0.25) is 0 Å². The van der Waals surface area contributed by atoms with E-state index in [0.29, 0.717) is 6.04 Å². The van der Waals surface area contributed by atoms with Crippen molar-refractivity contribution in [1.82, 2.24) is 0 Å². The largest absolute Gasteiger partial charge is 0.378 e. The molecule has 0 saturated carbocycles. The molecule has 1 nitrogen and oxygen atoms in total. The number of anilines is 1. The van der Waals surface area contributed by atoms with Gasteiger partial charge in [-0.3, -0.25) is 0 Å². The highest BCUT2D eigenvalue weighted by Gasteiger charge is 2.18. The molecule has 1 aliphatic rings. The molecule has 3 rings (SSSR count). The molecule has 0 amide bonds. The molecule has 104 valence electrons. The lowest BCUT2D eigenvalue weighted by Crippen LogP contribution is -2.11. The third-order valence-electron chi connectivity index (χ3n) is 4.13. The summed E-state index contributed by atoms with van der Waals surface area (Å²) in [5, 5.41) is 3.72. The Morgan fingerprint density at radius 1 is 1.10 bits per heavy atom. The van der Waals surface area contributed by atoms with E-state index in [9.17, 15) is 0 Å². The topological polar surface area (TPSA) is 12.0 Å². The summed E-state index contributed by atoms with van der Waals surface area (Å²) in [6, 6.07) is 15.8. The quantitative estimate of drug-likeness (QED) is 0.703. The summed E-state index contributed by atoms with van der Waals surface area (Å²) in [5.74, 6) is 0. The Kier molecular flexibility index (Phi) is 4.11. The SMILES string of the molecule is Cc1ccc(NC2CCCCc3ccccc32)cc1Br. The lowest BCUT2D eigenvalue weighted by molar-refractivity contribution is 0.644. The number of nitrogens with one attached hydrogen (secondary N) is 1. The van der Waals surface area contributed by atoms with Crippen molar-refractivity contribution in [2.75, 3.05) is 5.32 Å². The fourth-order valence-electron chi connectivity index (χ4n) is 2.95. The molecule has 1 aliphatic carbocycles. The van der Waals surface area contributed by atoms with Crippen LogP contribution < -0.4 is 5.32 Å². The van der Waals surface area contributed by atoms with Crippen molar-refractivity contribution in [3.05, 3.63) is 63.6 Å². The fraction of sp³-hybridized carbons (Fsp3) is 0.333. The summed E-state index contributed by atoms with van der Waals surface area (Å²) in [6.07, 6.45) is 5.01. The molecule has 1 N–H and O–H groups in total. The molecule has 0 fully saturated rings. The first-order valence-corrected chi connectivity index (χ1v) is 8.14. The lowest BCUT2D eigenvalue weighted by Gasteiger charge is -2.21. The number of hydrogen-bond acceptors (Lipinski definition) is 1. The Labute approximate surface area is 129 Å². The van der Waals surface area contributed by atoms with E-state index in [-0.39, 0.29) is 0 Å². The van der Waals surface area contributed by atoms with Crippen LogP contribution in [0.15, 0.2) is 46.9 Å². The van der Waals surface area contributed by atoms with Gasteiger partial charge in [-0.1, -0.05) is 52.7 Å². The van der Waals surface area contributed by atoms with E-state index >= 15 is 0 Å². The molecule has 2 heteroatoms. The molecule has 0 aliphatic heterocycles. The molecule has 0 bridgehead atoms. The van der Waals surface area contributed by atoms with Crippen molar-refractivity contribution in [2.45, 2.75) is 38.6 Å². The van der Waals surface area contributed by atoms with E-state index in [1.807, 2.05) is 0 Å². The molecule has 0 aromatic heterocycles. The van der Waals surface area contributed by atoms with Crippen molar-refractivity contribution in [3.63, 3.8) is 0 Å². The van der Waals surface area contributed by atoms with Gasteiger partial charge in [0.1, 0.15) is 0 Å². The third kappa shape index (κ3) is 2.90. The van der Waals surface area contributed by atoms with E-state index in [1.54, 1.807) is 0 Å². The Bertz CT molecular complexity index is 606. The van der Waals surface area contributed by atoms with Gasteiger partial charge in [-0.2, -0.15) is 0 Å². The zero-order valence-corrected chi connectivity index (χ0v) is 13.4. The Hall–Kier alpha value is -1.28. The number of aryl methyl sites for hydroxylation is 2. The molecule has 1 unspecified atom stereocenters. The second-order valence-corrected chi connectivity index (χ2v) is 6.46. The highest BCUT2D eigenvalue weighted by molar-refractivity contribution is 9.10.